The zero-order valence-corrected chi connectivity index (χ0v) is 13.7. The second-order valence-electron chi connectivity index (χ2n) is 5.82. The lowest BCUT2D eigenvalue weighted by Crippen LogP contribution is -2.31. The fourth-order valence-corrected chi connectivity index (χ4v) is 3.72. The van der Waals surface area contributed by atoms with Crippen molar-refractivity contribution >= 4 is 10.0 Å². The van der Waals surface area contributed by atoms with Gasteiger partial charge in [-0.2, -0.15) is 0 Å². The molecule has 2 rings (SSSR count). The Balaban J connectivity index is 1.68. The number of unbranched alkanes of at least 4 members (excludes halogenated alkanes) is 1. The van der Waals surface area contributed by atoms with E-state index in [1.165, 1.54) is 32.4 Å². The molecule has 1 aliphatic rings. The Kier molecular flexibility index (Phi) is 6.21. The molecular weight excluding hydrogens is 284 g/mol. The third kappa shape index (κ3) is 5.41. The number of rotatable bonds is 7. The molecule has 0 amide bonds. The van der Waals surface area contributed by atoms with Gasteiger partial charge in [0.1, 0.15) is 0 Å². The maximum Gasteiger partial charge on any atom is 0.240 e. The number of piperidine rings is 1. The minimum atomic E-state index is -3.35. The van der Waals surface area contributed by atoms with Crippen LogP contribution in [0.1, 0.15) is 37.7 Å². The highest BCUT2D eigenvalue weighted by molar-refractivity contribution is 7.89. The van der Waals surface area contributed by atoms with Gasteiger partial charge < -0.3 is 4.90 Å². The molecule has 0 aromatic heterocycles. The van der Waals surface area contributed by atoms with Crippen LogP contribution in [0, 0.1) is 6.92 Å². The molecule has 0 spiro atoms. The summed E-state index contributed by atoms with van der Waals surface area (Å²) in [4.78, 5) is 2.84. The summed E-state index contributed by atoms with van der Waals surface area (Å²) in [6.45, 7) is 5.96. The molecule has 1 fully saturated rings. The number of nitrogens with one attached hydrogen (secondary N) is 1. The van der Waals surface area contributed by atoms with Crippen LogP contribution in [-0.4, -0.2) is 39.5 Å². The monoisotopic (exact) mass is 310 g/mol. The van der Waals surface area contributed by atoms with Crippen LogP contribution in [-0.2, 0) is 10.0 Å². The van der Waals surface area contributed by atoms with Gasteiger partial charge in [0.15, 0.2) is 0 Å². The molecule has 1 aromatic rings. The number of nitrogens with zero attached hydrogens (tertiary/aromatic N) is 1. The smallest absolute Gasteiger partial charge is 0.240 e. The summed E-state index contributed by atoms with van der Waals surface area (Å²) >= 11 is 0. The van der Waals surface area contributed by atoms with Gasteiger partial charge in [-0.3, -0.25) is 0 Å². The van der Waals surface area contributed by atoms with E-state index in [9.17, 15) is 8.42 Å². The first-order chi connectivity index (χ1) is 10.1. The molecule has 0 aliphatic carbocycles. The van der Waals surface area contributed by atoms with Crippen LogP contribution >= 0.6 is 0 Å². The molecule has 0 unspecified atom stereocenters. The molecule has 1 aliphatic heterocycles. The van der Waals surface area contributed by atoms with Crippen molar-refractivity contribution < 1.29 is 8.42 Å². The number of hydrogen-bond donors (Lipinski definition) is 1. The lowest BCUT2D eigenvalue weighted by Gasteiger charge is -2.26. The summed E-state index contributed by atoms with van der Waals surface area (Å²) in [5.41, 5.74) is 1.07. The average Bonchev–Trinajstić information content (AvgIpc) is 2.48. The van der Waals surface area contributed by atoms with Gasteiger partial charge in [0.25, 0.3) is 0 Å². The van der Waals surface area contributed by atoms with Crippen LogP contribution in [0.2, 0.25) is 0 Å². The fourth-order valence-electron chi connectivity index (χ4n) is 2.65. The first-order valence-corrected chi connectivity index (χ1v) is 9.35. The highest BCUT2D eigenvalue weighted by Gasteiger charge is 2.13. The summed E-state index contributed by atoms with van der Waals surface area (Å²) < 4.78 is 26.9. The normalized spacial score (nSPS) is 17.0. The lowest BCUT2D eigenvalue weighted by molar-refractivity contribution is 0.225. The van der Waals surface area contributed by atoms with E-state index in [0.29, 0.717) is 11.4 Å². The van der Waals surface area contributed by atoms with E-state index in [1.807, 2.05) is 19.1 Å². The second kappa shape index (κ2) is 7.92. The van der Waals surface area contributed by atoms with Crippen LogP contribution in [0.15, 0.2) is 29.2 Å². The Hall–Kier alpha value is -0.910. The first kappa shape index (κ1) is 16.5. The maximum absolute atomic E-state index is 12.1. The van der Waals surface area contributed by atoms with Crippen LogP contribution < -0.4 is 4.72 Å². The zero-order chi connectivity index (χ0) is 15.1. The van der Waals surface area contributed by atoms with Gasteiger partial charge in [0.05, 0.1) is 4.90 Å². The van der Waals surface area contributed by atoms with Crippen LogP contribution in [0.25, 0.3) is 0 Å². The summed E-state index contributed by atoms with van der Waals surface area (Å²) in [5.74, 6) is 0. The summed E-state index contributed by atoms with van der Waals surface area (Å²) in [5, 5.41) is 0. The molecular formula is C16H26N2O2S. The Labute approximate surface area is 128 Å². The van der Waals surface area contributed by atoms with Crippen molar-refractivity contribution in [1.82, 2.24) is 9.62 Å². The van der Waals surface area contributed by atoms with Gasteiger partial charge in [-0.25, -0.2) is 13.1 Å². The van der Waals surface area contributed by atoms with Crippen molar-refractivity contribution in [3.63, 3.8) is 0 Å². The van der Waals surface area contributed by atoms with Crippen molar-refractivity contribution in [2.24, 2.45) is 0 Å². The minimum absolute atomic E-state index is 0.351. The highest BCUT2D eigenvalue weighted by Crippen LogP contribution is 2.11. The van der Waals surface area contributed by atoms with Crippen LogP contribution in [0.5, 0.6) is 0 Å². The maximum atomic E-state index is 12.1. The van der Waals surface area contributed by atoms with E-state index in [-0.39, 0.29) is 0 Å². The molecule has 5 heteroatoms. The molecule has 118 valence electrons. The lowest BCUT2D eigenvalue weighted by atomic mass is 10.1. The fraction of sp³-hybridized carbons (Fsp3) is 0.625. The molecule has 0 radical (unpaired) electrons. The van der Waals surface area contributed by atoms with E-state index < -0.39 is 10.0 Å². The number of likely N-dealkylation sites (tertiary alicyclic amines) is 1. The molecule has 0 bridgehead atoms. The van der Waals surface area contributed by atoms with Gasteiger partial charge in [0, 0.05) is 6.54 Å². The molecule has 0 saturated carbocycles. The number of aryl methyl sites for hydroxylation is 1. The molecule has 4 nitrogen and oxygen atoms in total. The largest absolute Gasteiger partial charge is 0.303 e. The quantitative estimate of drug-likeness (QED) is 0.787. The Morgan fingerprint density at radius 3 is 2.38 bits per heavy atom. The van der Waals surface area contributed by atoms with E-state index in [2.05, 4.69) is 9.62 Å². The van der Waals surface area contributed by atoms with Gasteiger partial charge in [-0.1, -0.05) is 24.1 Å². The third-order valence-corrected chi connectivity index (χ3v) is 5.45. The van der Waals surface area contributed by atoms with Crippen molar-refractivity contribution in [1.29, 1.82) is 0 Å². The molecule has 0 atom stereocenters. The Morgan fingerprint density at radius 2 is 1.71 bits per heavy atom. The molecule has 1 saturated heterocycles. The van der Waals surface area contributed by atoms with E-state index in [4.69, 9.17) is 0 Å². The second-order valence-corrected chi connectivity index (χ2v) is 7.59. The standard InChI is InChI=1S/C16H26N2O2S/c1-15-7-9-16(10-8-15)21(19,20)17-11-3-6-14-18-12-4-2-5-13-18/h7-10,17H,2-6,11-14H2,1H3. The van der Waals surface area contributed by atoms with Crippen molar-refractivity contribution in [2.75, 3.05) is 26.2 Å². The molecule has 1 aromatic carbocycles. The van der Waals surface area contributed by atoms with E-state index in [0.717, 1.165) is 24.9 Å². The highest BCUT2D eigenvalue weighted by atomic mass is 32.2. The van der Waals surface area contributed by atoms with Crippen molar-refractivity contribution in [2.45, 2.75) is 43.9 Å². The topological polar surface area (TPSA) is 49.4 Å². The molecule has 1 heterocycles. The van der Waals surface area contributed by atoms with Crippen LogP contribution in [0.4, 0.5) is 0 Å². The zero-order valence-electron chi connectivity index (χ0n) is 12.8. The van der Waals surface area contributed by atoms with Gasteiger partial charge in [-0.05, 0) is 64.4 Å². The first-order valence-electron chi connectivity index (χ1n) is 7.87. The average molecular weight is 310 g/mol. The SMILES string of the molecule is Cc1ccc(S(=O)(=O)NCCCCN2CCCCC2)cc1. The predicted molar refractivity (Wildman–Crippen MR) is 85.9 cm³/mol. The number of benzene rings is 1. The molecule has 21 heavy (non-hydrogen) atoms. The predicted octanol–water partition coefficient (Wildman–Crippen LogP) is 2.54. The van der Waals surface area contributed by atoms with Crippen molar-refractivity contribution in [3.05, 3.63) is 29.8 Å². The number of sulfonamides is 1. The van der Waals surface area contributed by atoms with Gasteiger partial charge in [-0.15, -0.1) is 0 Å². The summed E-state index contributed by atoms with van der Waals surface area (Å²) in [7, 11) is -3.35. The Morgan fingerprint density at radius 1 is 1.05 bits per heavy atom. The summed E-state index contributed by atoms with van der Waals surface area (Å²) in [6, 6.07) is 6.96. The van der Waals surface area contributed by atoms with Gasteiger partial charge in [0.2, 0.25) is 10.0 Å². The minimum Gasteiger partial charge on any atom is -0.303 e. The summed E-state index contributed by atoms with van der Waals surface area (Å²) in [6.07, 6.45) is 5.91. The Bertz CT molecular complexity index is 520. The molecule has 1 N–H and O–H groups in total. The third-order valence-electron chi connectivity index (χ3n) is 3.97. The van der Waals surface area contributed by atoms with E-state index >= 15 is 0 Å². The van der Waals surface area contributed by atoms with Crippen LogP contribution in [0.3, 0.4) is 0 Å². The van der Waals surface area contributed by atoms with E-state index in [1.54, 1.807) is 12.1 Å². The number of hydrogen-bond acceptors (Lipinski definition) is 3. The van der Waals surface area contributed by atoms with Crippen molar-refractivity contribution in [3.8, 4) is 0 Å². The van der Waals surface area contributed by atoms with Gasteiger partial charge >= 0.3 is 0 Å².